The van der Waals surface area contributed by atoms with Crippen LogP contribution in [0.3, 0.4) is 0 Å². The van der Waals surface area contributed by atoms with Gasteiger partial charge >= 0.3 is 5.96 Å². The van der Waals surface area contributed by atoms with E-state index in [1.54, 1.807) is 0 Å². The van der Waals surface area contributed by atoms with Crippen molar-refractivity contribution in [3.63, 3.8) is 0 Å². The summed E-state index contributed by atoms with van der Waals surface area (Å²) in [5.41, 5.74) is 9.42. The number of nitrogens with two attached hydrogens (primary N) is 1. The summed E-state index contributed by atoms with van der Waals surface area (Å²) in [6.45, 7) is 4.10. The van der Waals surface area contributed by atoms with E-state index in [0.717, 1.165) is 16.9 Å². The summed E-state index contributed by atoms with van der Waals surface area (Å²) in [4.78, 5) is 20.2. The second-order valence-corrected chi connectivity index (χ2v) is 6.26. The Kier molecular flexibility index (Phi) is 3.24. The first-order valence-corrected chi connectivity index (χ1v) is 8.01. The molecule has 0 aromatic heterocycles. The van der Waals surface area contributed by atoms with E-state index in [0.29, 0.717) is 5.96 Å². The van der Waals surface area contributed by atoms with E-state index in [1.165, 1.54) is 11.1 Å². The molecule has 0 fully saturated rings. The summed E-state index contributed by atoms with van der Waals surface area (Å²) in [5.74, 6) is 0.400. The number of carbonyl (C=O) groups is 1. The second-order valence-electron chi connectivity index (χ2n) is 6.26. The van der Waals surface area contributed by atoms with Crippen LogP contribution in [0.2, 0.25) is 0 Å². The van der Waals surface area contributed by atoms with E-state index in [9.17, 15) is 4.79 Å². The normalized spacial score (nSPS) is 21.1. The first kappa shape index (κ1) is 15.2. The van der Waals surface area contributed by atoms with Crippen molar-refractivity contribution in [2.45, 2.75) is 19.5 Å². The van der Waals surface area contributed by atoms with Crippen LogP contribution in [-0.4, -0.2) is 17.8 Å². The standard InChI is InChI=1S/C18H18N6O/c1-10-7-8-12(9-11(10)2)20-17-22-16(19)23-18(24-17)13-5-3-4-6-14(13)21-15(18)25/h3-9H,1-2H3,(H,21,25)(H4,19,20,22,23,24)/p+1/t18-/m1/s1. The number of aliphatic imine (C=N–C) groups is 1. The predicted octanol–water partition coefficient (Wildman–Crippen LogP) is -0.125. The van der Waals surface area contributed by atoms with Gasteiger partial charge in [0.15, 0.2) is 0 Å². The lowest BCUT2D eigenvalue weighted by Gasteiger charge is -2.22. The van der Waals surface area contributed by atoms with Crippen molar-refractivity contribution in [1.29, 1.82) is 0 Å². The molecule has 2 aromatic carbocycles. The molecule has 0 radical (unpaired) electrons. The summed E-state index contributed by atoms with van der Waals surface area (Å²) in [7, 11) is 0. The van der Waals surface area contributed by atoms with Crippen LogP contribution < -0.4 is 26.7 Å². The molecule has 0 aliphatic carbocycles. The number of amides is 1. The van der Waals surface area contributed by atoms with Gasteiger partial charge in [-0.1, -0.05) is 24.3 Å². The Morgan fingerprint density at radius 2 is 1.92 bits per heavy atom. The minimum absolute atomic E-state index is 0.164. The fourth-order valence-electron chi connectivity index (χ4n) is 3.08. The molecule has 1 spiro atoms. The average molecular weight is 335 g/mol. The van der Waals surface area contributed by atoms with Crippen LogP contribution in [-0.2, 0) is 10.5 Å². The molecule has 1 amide bonds. The fraction of sp³-hybridized carbons (Fsp3) is 0.167. The third-order valence-electron chi connectivity index (χ3n) is 4.52. The van der Waals surface area contributed by atoms with Crippen molar-refractivity contribution >= 4 is 29.2 Å². The van der Waals surface area contributed by atoms with Gasteiger partial charge in [0.05, 0.1) is 11.4 Å². The van der Waals surface area contributed by atoms with Crippen molar-refractivity contribution in [1.82, 2.24) is 5.32 Å². The summed E-state index contributed by atoms with van der Waals surface area (Å²) >= 11 is 0. The van der Waals surface area contributed by atoms with Crippen molar-refractivity contribution in [2.75, 3.05) is 10.6 Å². The minimum atomic E-state index is -1.27. The fourth-order valence-corrected chi connectivity index (χ4v) is 3.08. The van der Waals surface area contributed by atoms with Gasteiger partial charge in [0.1, 0.15) is 0 Å². The highest BCUT2D eigenvalue weighted by Crippen LogP contribution is 2.33. The molecule has 7 nitrogen and oxygen atoms in total. The van der Waals surface area contributed by atoms with Crippen LogP contribution in [0.1, 0.15) is 16.7 Å². The number of nitrogens with zero attached hydrogens (tertiary/aromatic N) is 1. The molecule has 0 bridgehead atoms. The molecule has 2 heterocycles. The summed E-state index contributed by atoms with van der Waals surface area (Å²) in [5, 5.41) is 9.03. The van der Waals surface area contributed by atoms with Crippen LogP contribution in [0.25, 0.3) is 0 Å². The Morgan fingerprint density at radius 1 is 1.12 bits per heavy atom. The molecule has 2 aliphatic rings. The van der Waals surface area contributed by atoms with Gasteiger partial charge in [-0.25, -0.2) is 15.6 Å². The zero-order valence-electron chi connectivity index (χ0n) is 14.0. The van der Waals surface area contributed by atoms with Gasteiger partial charge in [-0.2, -0.15) is 4.99 Å². The molecule has 4 rings (SSSR count). The number of hydrogen-bond donors (Lipinski definition) is 5. The zero-order chi connectivity index (χ0) is 17.6. The molecule has 126 valence electrons. The number of anilines is 2. The van der Waals surface area contributed by atoms with Gasteiger partial charge in [0.2, 0.25) is 0 Å². The zero-order valence-corrected chi connectivity index (χ0v) is 14.0. The van der Waals surface area contributed by atoms with E-state index in [1.807, 2.05) is 49.4 Å². The Labute approximate surface area is 145 Å². The summed E-state index contributed by atoms with van der Waals surface area (Å²) < 4.78 is 0. The third-order valence-corrected chi connectivity index (χ3v) is 4.52. The largest absolute Gasteiger partial charge is 0.358 e. The highest BCUT2D eigenvalue weighted by atomic mass is 16.2. The molecular formula is C18H19N6O+. The molecule has 2 aliphatic heterocycles. The van der Waals surface area contributed by atoms with Gasteiger partial charge in [0.25, 0.3) is 17.5 Å². The monoisotopic (exact) mass is 335 g/mol. The second kappa shape index (κ2) is 5.34. The van der Waals surface area contributed by atoms with Gasteiger partial charge < -0.3 is 11.1 Å². The van der Waals surface area contributed by atoms with E-state index in [2.05, 4.69) is 32.9 Å². The minimum Gasteiger partial charge on any atom is -0.357 e. The van der Waals surface area contributed by atoms with E-state index < -0.39 is 5.66 Å². The molecule has 25 heavy (non-hydrogen) atoms. The smallest absolute Gasteiger partial charge is 0.357 e. The molecular weight excluding hydrogens is 316 g/mol. The number of benzene rings is 2. The Balaban J connectivity index is 1.76. The maximum atomic E-state index is 12.6. The Hall–Kier alpha value is -3.35. The third kappa shape index (κ3) is 2.40. The SMILES string of the molecule is Cc1ccc(NC2=[NH+][C@@]3(N=C(N)N2)C(=O)Nc2ccccc23)cc1C. The highest BCUT2D eigenvalue weighted by Gasteiger charge is 2.51. The predicted molar refractivity (Wildman–Crippen MR) is 97.0 cm³/mol. The number of hydrogen-bond acceptors (Lipinski definition) is 5. The molecule has 7 heteroatoms. The number of para-hydroxylation sites is 1. The van der Waals surface area contributed by atoms with Gasteiger partial charge in [-0.15, -0.1) is 0 Å². The molecule has 1 atom stereocenters. The quantitative estimate of drug-likeness (QED) is 0.501. The summed E-state index contributed by atoms with van der Waals surface area (Å²) in [6, 6.07) is 13.5. The molecule has 2 aromatic rings. The van der Waals surface area contributed by atoms with Crippen molar-refractivity contribution in [2.24, 2.45) is 10.7 Å². The summed E-state index contributed by atoms with van der Waals surface area (Å²) in [6.07, 6.45) is 0. The Bertz CT molecular complexity index is 948. The number of aryl methyl sites for hydroxylation is 2. The molecule has 0 unspecified atom stereocenters. The topological polar surface area (TPSA) is 106 Å². The van der Waals surface area contributed by atoms with Crippen LogP contribution >= 0.6 is 0 Å². The lowest BCUT2D eigenvalue weighted by Crippen LogP contribution is -2.92. The van der Waals surface area contributed by atoms with Gasteiger partial charge in [-0.05, 0) is 43.2 Å². The molecule has 6 N–H and O–H groups in total. The van der Waals surface area contributed by atoms with Gasteiger partial charge in [0, 0.05) is 5.56 Å². The van der Waals surface area contributed by atoms with E-state index in [4.69, 9.17) is 5.73 Å². The van der Waals surface area contributed by atoms with Crippen molar-refractivity contribution in [3.8, 4) is 0 Å². The lowest BCUT2D eigenvalue weighted by atomic mass is 10.0. The van der Waals surface area contributed by atoms with Crippen LogP contribution in [0.5, 0.6) is 0 Å². The maximum Gasteiger partial charge on any atom is 0.358 e. The van der Waals surface area contributed by atoms with Crippen LogP contribution in [0.15, 0.2) is 47.5 Å². The molecule has 0 saturated carbocycles. The number of fused-ring (bicyclic) bond motifs is 2. The highest BCUT2D eigenvalue weighted by molar-refractivity contribution is 6.09. The van der Waals surface area contributed by atoms with Crippen molar-refractivity contribution in [3.05, 3.63) is 59.2 Å². The number of guanidine groups is 2. The number of nitrogens with one attached hydrogen (secondary N) is 4. The van der Waals surface area contributed by atoms with Crippen LogP contribution in [0.4, 0.5) is 11.4 Å². The van der Waals surface area contributed by atoms with Crippen molar-refractivity contribution < 1.29 is 9.79 Å². The lowest BCUT2D eigenvalue weighted by molar-refractivity contribution is -0.544. The first-order valence-electron chi connectivity index (χ1n) is 8.01. The number of rotatable bonds is 1. The van der Waals surface area contributed by atoms with E-state index >= 15 is 0 Å². The number of carbonyl (C=O) groups excluding carboxylic acids is 1. The first-order chi connectivity index (χ1) is 12.0. The van der Waals surface area contributed by atoms with E-state index in [-0.39, 0.29) is 11.9 Å². The Morgan fingerprint density at radius 3 is 2.72 bits per heavy atom. The average Bonchev–Trinajstić information content (AvgIpc) is 2.82. The van der Waals surface area contributed by atoms with Gasteiger partial charge in [-0.3, -0.25) is 4.79 Å². The molecule has 0 saturated heterocycles. The maximum absolute atomic E-state index is 12.6. The van der Waals surface area contributed by atoms with Crippen LogP contribution in [0, 0.1) is 13.8 Å².